The van der Waals surface area contributed by atoms with Crippen LogP contribution >= 0.6 is 0 Å². The predicted octanol–water partition coefficient (Wildman–Crippen LogP) is 6.39. The Morgan fingerprint density at radius 1 is 1.17 bits per heavy atom. The molecule has 0 amide bonds. The van der Waals surface area contributed by atoms with Crippen molar-refractivity contribution in [3.63, 3.8) is 0 Å². The summed E-state index contributed by atoms with van der Waals surface area (Å²) in [5.74, 6) is 0. The Morgan fingerprint density at radius 2 is 1.67 bits per heavy atom. The van der Waals surface area contributed by atoms with E-state index in [0.717, 1.165) is 12.0 Å². The van der Waals surface area contributed by atoms with Gasteiger partial charge in [0.15, 0.2) is 0 Å². The van der Waals surface area contributed by atoms with Crippen molar-refractivity contribution in [2.45, 2.75) is 54.9 Å². The average molecular weight is 246 g/mol. The van der Waals surface area contributed by atoms with Gasteiger partial charge in [-0.3, -0.25) is 0 Å². The minimum atomic E-state index is 1.04. The highest BCUT2D eigenvalue weighted by atomic mass is 14.2. The second-order valence-electron chi connectivity index (χ2n) is 3.79. The summed E-state index contributed by atoms with van der Waals surface area (Å²) in [7, 11) is 0. The zero-order valence-corrected chi connectivity index (χ0v) is 13.4. The molecule has 0 saturated carbocycles. The van der Waals surface area contributed by atoms with Crippen LogP contribution < -0.4 is 0 Å². The molecule has 0 aliphatic heterocycles. The van der Waals surface area contributed by atoms with E-state index in [1.807, 2.05) is 40.7 Å². The Labute approximate surface area is 115 Å². The molecule has 0 fully saturated rings. The van der Waals surface area contributed by atoms with Gasteiger partial charge in [-0.15, -0.1) is 0 Å². The van der Waals surface area contributed by atoms with Crippen LogP contribution in [0.25, 0.3) is 0 Å². The van der Waals surface area contributed by atoms with Crippen molar-refractivity contribution in [2.24, 2.45) is 0 Å². The van der Waals surface area contributed by atoms with Crippen LogP contribution in [0.1, 0.15) is 54.9 Å². The number of hydrogen-bond acceptors (Lipinski definition) is 0. The highest BCUT2D eigenvalue weighted by molar-refractivity contribution is 5.61. The molecule has 0 heteroatoms. The normalized spacial score (nSPS) is 17.9. The molecule has 18 heavy (non-hydrogen) atoms. The molecule has 0 radical (unpaired) electrons. The molecule has 0 unspecified atom stereocenters. The van der Waals surface area contributed by atoms with E-state index in [1.54, 1.807) is 0 Å². The van der Waals surface area contributed by atoms with Crippen LogP contribution in [0.2, 0.25) is 0 Å². The molecule has 1 aliphatic rings. The zero-order valence-electron chi connectivity index (χ0n) is 13.4. The number of rotatable bonds is 2. The fourth-order valence-corrected chi connectivity index (χ4v) is 1.93. The van der Waals surface area contributed by atoms with E-state index in [-0.39, 0.29) is 0 Å². The SMILES string of the molecule is C=CC1=C(C)CC(=C/C(=C)C)/C1=C\C.CC.CC. The fraction of sp³-hybridized carbons (Fsp3) is 0.444. The standard InChI is InChI=1S/C14H18.2C2H6/c1-6-13-11(5)9-12(8-10(3)4)14(13)7-2;2*1-2/h6-8H,1,3,9H2,2,4-5H3;2*1-2H3/b12-8-,14-7+;;. The molecule has 0 atom stereocenters. The molecule has 0 nitrogen and oxygen atoms in total. The lowest BCUT2D eigenvalue weighted by molar-refractivity contribution is 1.19. The topological polar surface area (TPSA) is 0 Å². The Balaban J connectivity index is 0. The van der Waals surface area contributed by atoms with E-state index in [2.05, 4.69) is 39.2 Å². The molecular formula is C18H30. The van der Waals surface area contributed by atoms with Gasteiger partial charge in [-0.1, -0.05) is 70.2 Å². The second kappa shape index (κ2) is 10.8. The Bertz CT molecular complexity index is 359. The number of hydrogen-bond donors (Lipinski definition) is 0. The third-order valence-corrected chi connectivity index (χ3v) is 2.46. The van der Waals surface area contributed by atoms with E-state index in [9.17, 15) is 0 Å². The first kappa shape index (κ1) is 19.0. The van der Waals surface area contributed by atoms with Crippen LogP contribution in [0.3, 0.4) is 0 Å². The highest BCUT2D eigenvalue weighted by Crippen LogP contribution is 2.36. The Hall–Kier alpha value is -1.30. The summed E-state index contributed by atoms with van der Waals surface area (Å²) in [5.41, 5.74) is 6.49. The first-order chi connectivity index (χ1) is 8.60. The van der Waals surface area contributed by atoms with E-state index in [1.165, 1.54) is 22.3 Å². The van der Waals surface area contributed by atoms with Crippen LogP contribution in [-0.2, 0) is 0 Å². The van der Waals surface area contributed by atoms with Gasteiger partial charge in [0.2, 0.25) is 0 Å². The van der Waals surface area contributed by atoms with Gasteiger partial charge >= 0.3 is 0 Å². The van der Waals surface area contributed by atoms with Gasteiger partial charge in [-0.25, -0.2) is 0 Å². The van der Waals surface area contributed by atoms with Crippen LogP contribution in [0.15, 0.2) is 59.3 Å². The summed E-state index contributed by atoms with van der Waals surface area (Å²) in [6, 6.07) is 0. The van der Waals surface area contributed by atoms with Gasteiger partial charge in [-0.05, 0) is 43.9 Å². The predicted molar refractivity (Wildman–Crippen MR) is 86.9 cm³/mol. The van der Waals surface area contributed by atoms with Crippen molar-refractivity contribution < 1.29 is 0 Å². The molecule has 0 aromatic heterocycles. The molecule has 0 spiro atoms. The summed E-state index contributed by atoms with van der Waals surface area (Å²) >= 11 is 0. The van der Waals surface area contributed by atoms with Crippen LogP contribution in [-0.4, -0.2) is 0 Å². The van der Waals surface area contributed by atoms with Gasteiger partial charge in [0.05, 0.1) is 0 Å². The summed E-state index contributed by atoms with van der Waals surface area (Å²) in [4.78, 5) is 0. The molecule has 102 valence electrons. The molecule has 0 saturated heterocycles. The third-order valence-electron chi connectivity index (χ3n) is 2.46. The third kappa shape index (κ3) is 5.35. The Kier molecular flexibility index (Phi) is 11.5. The maximum atomic E-state index is 3.92. The molecule has 0 aromatic carbocycles. The zero-order chi connectivity index (χ0) is 14.7. The second-order valence-corrected chi connectivity index (χ2v) is 3.79. The van der Waals surface area contributed by atoms with Gasteiger partial charge in [-0.2, -0.15) is 0 Å². The summed E-state index contributed by atoms with van der Waals surface area (Å²) in [6.07, 6.45) is 7.30. The maximum Gasteiger partial charge on any atom is -0.00545 e. The molecule has 0 heterocycles. The number of allylic oxidation sites excluding steroid dienone is 8. The quantitative estimate of drug-likeness (QED) is 0.529. The van der Waals surface area contributed by atoms with E-state index in [0.29, 0.717) is 0 Å². The van der Waals surface area contributed by atoms with Crippen molar-refractivity contribution in [1.29, 1.82) is 0 Å². The molecule has 0 aromatic rings. The van der Waals surface area contributed by atoms with Crippen LogP contribution in [0, 0.1) is 0 Å². The molecular weight excluding hydrogens is 216 g/mol. The van der Waals surface area contributed by atoms with Gasteiger partial charge < -0.3 is 0 Å². The van der Waals surface area contributed by atoms with Gasteiger partial charge in [0.25, 0.3) is 0 Å². The van der Waals surface area contributed by atoms with Gasteiger partial charge in [0.1, 0.15) is 0 Å². The fourth-order valence-electron chi connectivity index (χ4n) is 1.93. The Morgan fingerprint density at radius 3 is 2.00 bits per heavy atom. The van der Waals surface area contributed by atoms with E-state index >= 15 is 0 Å². The first-order valence-corrected chi connectivity index (χ1v) is 6.95. The minimum absolute atomic E-state index is 1.04. The van der Waals surface area contributed by atoms with Crippen molar-refractivity contribution in [3.05, 3.63) is 59.3 Å². The largest absolute Gasteiger partial charge is 0.0984 e. The van der Waals surface area contributed by atoms with Crippen LogP contribution in [0.5, 0.6) is 0 Å². The molecule has 1 aliphatic carbocycles. The molecule has 0 bridgehead atoms. The van der Waals surface area contributed by atoms with Crippen molar-refractivity contribution >= 4 is 0 Å². The lowest BCUT2D eigenvalue weighted by atomic mass is 10.0. The minimum Gasteiger partial charge on any atom is -0.0984 e. The lowest BCUT2D eigenvalue weighted by Crippen LogP contribution is -1.83. The van der Waals surface area contributed by atoms with Crippen LogP contribution in [0.4, 0.5) is 0 Å². The van der Waals surface area contributed by atoms with Crippen molar-refractivity contribution in [1.82, 2.24) is 0 Å². The summed E-state index contributed by atoms with van der Waals surface area (Å²) < 4.78 is 0. The molecule has 1 rings (SSSR count). The van der Waals surface area contributed by atoms with E-state index < -0.39 is 0 Å². The first-order valence-electron chi connectivity index (χ1n) is 6.95. The van der Waals surface area contributed by atoms with Crippen molar-refractivity contribution in [2.75, 3.05) is 0 Å². The summed E-state index contributed by atoms with van der Waals surface area (Å²) in [6.45, 7) is 22.0. The molecule has 0 N–H and O–H groups in total. The maximum absolute atomic E-state index is 3.92. The smallest absolute Gasteiger partial charge is 0.00545 e. The average Bonchev–Trinajstić information content (AvgIpc) is 2.68. The van der Waals surface area contributed by atoms with Gasteiger partial charge in [0, 0.05) is 0 Å². The lowest BCUT2D eigenvalue weighted by Gasteiger charge is -2.02. The van der Waals surface area contributed by atoms with Crippen molar-refractivity contribution in [3.8, 4) is 0 Å². The summed E-state index contributed by atoms with van der Waals surface area (Å²) in [5, 5.41) is 0. The van der Waals surface area contributed by atoms with E-state index in [4.69, 9.17) is 0 Å². The highest BCUT2D eigenvalue weighted by Gasteiger charge is 2.18. The monoisotopic (exact) mass is 246 g/mol.